The molecule has 0 bridgehead atoms. The monoisotopic (exact) mass is 362 g/mol. The third-order valence-corrected chi connectivity index (χ3v) is 4.73. The van der Waals surface area contributed by atoms with Crippen LogP contribution in [0.1, 0.15) is 0 Å². The Labute approximate surface area is 130 Å². The van der Waals surface area contributed by atoms with E-state index in [1.54, 1.807) is 6.07 Å². The summed E-state index contributed by atoms with van der Waals surface area (Å²) in [7, 11) is -10.5. The van der Waals surface area contributed by atoms with E-state index in [2.05, 4.69) is 0 Å². The summed E-state index contributed by atoms with van der Waals surface area (Å²) in [5.41, 5.74) is -0.777. The van der Waals surface area contributed by atoms with Crippen molar-refractivity contribution in [2.45, 2.75) is 9.79 Å². The molecule has 0 saturated heterocycles. The third-order valence-electron chi connectivity index (χ3n) is 2.91. The van der Waals surface area contributed by atoms with Gasteiger partial charge < -0.3 is 15.3 Å². The number of rotatable bonds is 3. The van der Waals surface area contributed by atoms with Crippen molar-refractivity contribution in [1.29, 1.82) is 0 Å². The molecule has 0 aromatic heterocycles. The van der Waals surface area contributed by atoms with Gasteiger partial charge in [-0.1, -0.05) is 30.3 Å². The summed E-state index contributed by atoms with van der Waals surface area (Å²) in [5, 5.41) is 29.5. The fourth-order valence-corrected chi connectivity index (χ4v) is 3.61. The predicted molar refractivity (Wildman–Crippen MR) is 76.5 cm³/mol. The summed E-state index contributed by atoms with van der Waals surface area (Å²) in [6, 6.07) is 6.94. The minimum Gasteiger partial charge on any atom is -0.505 e. The molecular formula is C12H10O9S2. The van der Waals surface area contributed by atoms with Gasteiger partial charge in [0.25, 0.3) is 10.1 Å². The van der Waals surface area contributed by atoms with Gasteiger partial charge in [-0.05, 0) is 5.56 Å². The van der Waals surface area contributed by atoms with E-state index in [1.165, 1.54) is 24.3 Å². The van der Waals surface area contributed by atoms with Gasteiger partial charge in [0.15, 0.2) is 22.1 Å². The number of phenols is 3. The van der Waals surface area contributed by atoms with Crippen LogP contribution < -0.4 is 0 Å². The van der Waals surface area contributed by atoms with Crippen molar-refractivity contribution in [2.24, 2.45) is 0 Å². The summed E-state index contributed by atoms with van der Waals surface area (Å²) in [4.78, 5) is -3.01. The predicted octanol–water partition coefficient (Wildman–Crippen LogP) is 0.964. The molecule has 11 heteroatoms. The van der Waals surface area contributed by atoms with Crippen LogP contribution in [-0.2, 0) is 20.2 Å². The lowest BCUT2D eigenvalue weighted by Crippen LogP contribution is -2.07. The summed E-state index contributed by atoms with van der Waals surface area (Å²) >= 11 is 0. The van der Waals surface area contributed by atoms with Crippen molar-refractivity contribution < 1.29 is 41.3 Å². The molecule has 2 aromatic rings. The topological polar surface area (TPSA) is 169 Å². The Bertz CT molecular complexity index is 977. The molecule has 0 saturated carbocycles. The molecule has 0 heterocycles. The fraction of sp³-hybridized carbons (Fsp3) is 0. The van der Waals surface area contributed by atoms with Crippen LogP contribution in [0.25, 0.3) is 11.1 Å². The van der Waals surface area contributed by atoms with Gasteiger partial charge in [0.05, 0.1) is 5.56 Å². The van der Waals surface area contributed by atoms with Gasteiger partial charge in [-0.3, -0.25) is 9.11 Å². The van der Waals surface area contributed by atoms with Crippen molar-refractivity contribution in [1.82, 2.24) is 0 Å². The van der Waals surface area contributed by atoms with Gasteiger partial charge >= 0.3 is 10.1 Å². The van der Waals surface area contributed by atoms with E-state index in [-0.39, 0.29) is 5.56 Å². The SMILES string of the molecule is O=S(=O)(O)c1c(O)c(O)c(-c2ccccc2)c(S(=O)(=O)O)c1O. The highest BCUT2D eigenvalue weighted by molar-refractivity contribution is 7.87. The van der Waals surface area contributed by atoms with E-state index in [4.69, 9.17) is 4.55 Å². The molecule has 0 aliphatic carbocycles. The second-order valence-electron chi connectivity index (χ2n) is 4.40. The van der Waals surface area contributed by atoms with Crippen LogP contribution in [0.3, 0.4) is 0 Å². The molecule has 2 rings (SSSR count). The minimum absolute atomic E-state index is 0.0508. The summed E-state index contributed by atoms with van der Waals surface area (Å²) in [6.07, 6.45) is 0. The van der Waals surface area contributed by atoms with Crippen molar-refractivity contribution in [3.63, 3.8) is 0 Å². The first-order valence-electron chi connectivity index (χ1n) is 5.77. The first kappa shape index (κ1) is 17.0. The number of hydrogen-bond acceptors (Lipinski definition) is 7. The fourth-order valence-electron chi connectivity index (χ4n) is 2.04. The van der Waals surface area contributed by atoms with Crippen LogP contribution in [-0.4, -0.2) is 41.3 Å². The van der Waals surface area contributed by atoms with Gasteiger partial charge in [-0.15, -0.1) is 0 Å². The summed E-state index contributed by atoms with van der Waals surface area (Å²) < 4.78 is 63.7. The third kappa shape index (κ3) is 2.94. The van der Waals surface area contributed by atoms with E-state index < -0.39 is 52.8 Å². The molecule has 0 atom stereocenters. The molecule has 0 spiro atoms. The average molecular weight is 362 g/mol. The summed E-state index contributed by atoms with van der Waals surface area (Å²) in [5.74, 6) is -4.34. The number of aromatic hydroxyl groups is 3. The Morgan fingerprint density at radius 1 is 0.652 bits per heavy atom. The van der Waals surface area contributed by atoms with E-state index in [1.807, 2.05) is 0 Å². The number of phenolic OH excluding ortho intramolecular Hbond substituents is 3. The Morgan fingerprint density at radius 3 is 1.57 bits per heavy atom. The molecular weight excluding hydrogens is 352 g/mol. The van der Waals surface area contributed by atoms with E-state index in [0.29, 0.717) is 0 Å². The largest absolute Gasteiger partial charge is 0.505 e. The van der Waals surface area contributed by atoms with Crippen LogP contribution >= 0.6 is 0 Å². The highest BCUT2D eigenvalue weighted by atomic mass is 32.2. The van der Waals surface area contributed by atoms with Gasteiger partial charge in [0.1, 0.15) is 4.90 Å². The van der Waals surface area contributed by atoms with Crippen LogP contribution in [0.15, 0.2) is 40.1 Å². The molecule has 23 heavy (non-hydrogen) atoms. The van der Waals surface area contributed by atoms with Gasteiger partial charge in [0, 0.05) is 0 Å². The molecule has 0 amide bonds. The smallest absolute Gasteiger partial charge is 0.302 e. The molecule has 0 aliphatic heterocycles. The minimum atomic E-state index is -5.30. The Balaban J connectivity index is 3.12. The molecule has 0 fully saturated rings. The molecule has 124 valence electrons. The molecule has 2 aromatic carbocycles. The first-order valence-corrected chi connectivity index (χ1v) is 8.65. The quantitative estimate of drug-likeness (QED) is 0.303. The normalized spacial score (nSPS) is 12.3. The van der Waals surface area contributed by atoms with E-state index in [0.717, 1.165) is 0 Å². The molecule has 5 N–H and O–H groups in total. The standard InChI is InChI=1S/C12H10O9S2/c13-8-7(6-4-2-1-3-5-6)11(22(16,17)18)10(15)12(9(8)14)23(19,20)21/h1-5,13-15H,(H,16,17,18)(H,19,20,21). The molecule has 9 nitrogen and oxygen atoms in total. The zero-order valence-corrected chi connectivity index (χ0v) is 12.7. The second kappa shape index (κ2) is 5.38. The van der Waals surface area contributed by atoms with Crippen LogP contribution in [0.4, 0.5) is 0 Å². The average Bonchev–Trinajstić information content (AvgIpc) is 2.40. The van der Waals surface area contributed by atoms with Crippen molar-refractivity contribution in [3.05, 3.63) is 30.3 Å². The Kier molecular flexibility index (Phi) is 3.98. The highest BCUT2D eigenvalue weighted by Gasteiger charge is 2.35. The van der Waals surface area contributed by atoms with Crippen LogP contribution in [0, 0.1) is 0 Å². The van der Waals surface area contributed by atoms with E-state index in [9.17, 15) is 36.7 Å². The zero-order chi connectivity index (χ0) is 17.6. The van der Waals surface area contributed by atoms with Gasteiger partial charge in [-0.25, -0.2) is 0 Å². The number of hydrogen-bond donors (Lipinski definition) is 5. The van der Waals surface area contributed by atoms with Crippen LogP contribution in [0.2, 0.25) is 0 Å². The second-order valence-corrected chi connectivity index (χ2v) is 7.11. The van der Waals surface area contributed by atoms with Crippen molar-refractivity contribution in [2.75, 3.05) is 0 Å². The van der Waals surface area contributed by atoms with E-state index >= 15 is 0 Å². The highest BCUT2D eigenvalue weighted by Crippen LogP contribution is 2.50. The lowest BCUT2D eigenvalue weighted by molar-refractivity contribution is 0.366. The lowest BCUT2D eigenvalue weighted by atomic mass is 10.0. The maximum atomic E-state index is 11.5. The molecule has 0 radical (unpaired) electrons. The van der Waals surface area contributed by atoms with Crippen molar-refractivity contribution >= 4 is 20.2 Å². The Morgan fingerprint density at radius 2 is 1.13 bits per heavy atom. The maximum absolute atomic E-state index is 11.5. The first-order chi connectivity index (χ1) is 10.5. The molecule has 0 aliphatic rings. The lowest BCUT2D eigenvalue weighted by Gasteiger charge is -2.15. The number of benzene rings is 2. The van der Waals surface area contributed by atoms with Crippen molar-refractivity contribution in [3.8, 4) is 28.4 Å². The zero-order valence-electron chi connectivity index (χ0n) is 11.1. The maximum Gasteiger partial charge on any atom is 0.302 e. The summed E-state index contributed by atoms with van der Waals surface area (Å²) in [6.45, 7) is 0. The van der Waals surface area contributed by atoms with Gasteiger partial charge in [-0.2, -0.15) is 16.8 Å². The van der Waals surface area contributed by atoms with Crippen LogP contribution in [0.5, 0.6) is 17.2 Å². The van der Waals surface area contributed by atoms with Gasteiger partial charge in [0.2, 0.25) is 0 Å². The Hall–Kier alpha value is -2.34. The molecule has 0 unspecified atom stereocenters.